The van der Waals surface area contributed by atoms with Crippen molar-refractivity contribution in [2.75, 3.05) is 5.32 Å². The molecule has 2 heterocycles. The summed E-state index contributed by atoms with van der Waals surface area (Å²) in [5.74, 6) is 0.577. The van der Waals surface area contributed by atoms with E-state index in [0.29, 0.717) is 10.8 Å². The number of hydrogen-bond donors (Lipinski definition) is 2. The maximum absolute atomic E-state index is 12.5. The first-order valence-corrected chi connectivity index (χ1v) is 10.3. The second-order valence-electron chi connectivity index (χ2n) is 7.25. The first kappa shape index (κ1) is 20.8. The highest BCUT2D eigenvalue weighted by Gasteiger charge is 2.24. The molecule has 0 aliphatic rings. The molecular weight excluding hydrogens is 368 g/mol. The topological polar surface area (TPSA) is 66.9 Å². The maximum Gasteiger partial charge on any atom is 0.149 e. The molecule has 0 spiro atoms. The number of halogens is 1. The minimum atomic E-state index is -1.16. The fraction of sp³-hybridized carbons (Fsp3) is 0.474. The second-order valence-corrected chi connectivity index (χ2v) is 9.66. The van der Waals surface area contributed by atoms with Crippen molar-refractivity contribution in [2.24, 2.45) is 0 Å². The van der Waals surface area contributed by atoms with Crippen LogP contribution in [-0.4, -0.2) is 18.9 Å². The van der Waals surface area contributed by atoms with E-state index in [-0.39, 0.29) is 10.8 Å². The summed E-state index contributed by atoms with van der Waals surface area (Å²) < 4.78 is 15.4. The summed E-state index contributed by atoms with van der Waals surface area (Å²) in [6, 6.07) is 5.68. The molecule has 0 aliphatic carbocycles. The fourth-order valence-electron chi connectivity index (χ4n) is 2.30. The summed E-state index contributed by atoms with van der Waals surface area (Å²) in [7, 11) is -1.16. The van der Waals surface area contributed by atoms with Gasteiger partial charge in [-0.25, -0.2) is 13.9 Å². The molecule has 7 heteroatoms. The number of aryl methyl sites for hydroxylation is 1. The highest BCUT2D eigenvalue weighted by atomic mass is 35.5. The number of nitrogens with one attached hydrogen (secondary N) is 2. The Kier molecular flexibility index (Phi) is 7.15. The van der Waals surface area contributed by atoms with Gasteiger partial charge in [0.15, 0.2) is 0 Å². The van der Waals surface area contributed by atoms with Gasteiger partial charge in [-0.1, -0.05) is 24.9 Å². The van der Waals surface area contributed by atoms with E-state index < -0.39 is 11.0 Å². The van der Waals surface area contributed by atoms with Crippen LogP contribution in [0.25, 0.3) is 0 Å². The van der Waals surface area contributed by atoms with Crippen LogP contribution in [0.5, 0.6) is 0 Å². The van der Waals surface area contributed by atoms with Gasteiger partial charge in [0.05, 0.1) is 32.6 Å². The largest absolute Gasteiger partial charge is 0.338 e. The van der Waals surface area contributed by atoms with Crippen molar-refractivity contribution in [1.29, 1.82) is 0 Å². The lowest BCUT2D eigenvalue weighted by Gasteiger charge is -2.24. The van der Waals surface area contributed by atoms with Crippen LogP contribution < -0.4 is 10.0 Å². The van der Waals surface area contributed by atoms with Gasteiger partial charge in [-0.2, -0.15) is 0 Å². The molecule has 0 unspecified atom stereocenters. The Morgan fingerprint density at radius 3 is 2.50 bits per heavy atom. The summed E-state index contributed by atoms with van der Waals surface area (Å²) in [6.07, 6.45) is 5.35. The van der Waals surface area contributed by atoms with Crippen LogP contribution in [-0.2, 0) is 11.0 Å². The summed E-state index contributed by atoms with van der Waals surface area (Å²) in [4.78, 5) is 8.71. The van der Waals surface area contributed by atoms with E-state index in [1.807, 2.05) is 45.9 Å². The van der Waals surface area contributed by atoms with Crippen LogP contribution >= 0.6 is 11.6 Å². The summed E-state index contributed by atoms with van der Waals surface area (Å²) in [5.41, 5.74) is 2.71. The molecule has 2 aromatic heterocycles. The van der Waals surface area contributed by atoms with E-state index in [0.717, 1.165) is 29.8 Å². The quantitative estimate of drug-likeness (QED) is 0.687. The standard InChI is InChI=1S/C19H27ClN4OS/c1-6-7-17(24-26(25)19(3,4)5)14-10-16(20)18(22-11-14)23-15-9-8-13(2)21-12-15/h8-12,17,24H,6-7H2,1-5H3,(H,22,23)/t17-,26-/m1/s1. The average molecular weight is 395 g/mol. The summed E-state index contributed by atoms with van der Waals surface area (Å²) in [6.45, 7) is 9.89. The number of pyridine rings is 2. The predicted molar refractivity (Wildman–Crippen MR) is 110 cm³/mol. The van der Waals surface area contributed by atoms with Crippen LogP contribution in [0.1, 0.15) is 57.8 Å². The molecule has 26 heavy (non-hydrogen) atoms. The van der Waals surface area contributed by atoms with Gasteiger partial charge in [-0.15, -0.1) is 0 Å². The monoisotopic (exact) mass is 394 g/mol. The Bertz CT molecular complexity index is 759. The molecule has 0 bridgehead atoms. The van der Waals surface area contributed by atoms with Crippen LogP contribution in [0.15, 0.2) is 30.6 Å². The number of nitrogens with zero attached hydrogens (tertiary/aromatic N) is 2. The van der Waals surface area contributed by atoms with Gasteiger partial charge in [0.1, 0.15) is 5.82 Å². The Hall–Kier alpha value is -1.50. The molecule has 2 aromatic rings. The number of hydrogen-bond acceptors (Lipinski definition) is 4. The van der Waals surface area contributed by atoms with Crippen molar-refractivity contribution >= 4 is 34.1 Å². The van der Waals surface area contributed by atoms with Crippen LogP contribution in [0, 0.1) is 6.92 Å². The molecule has 0 amide bonds. The normalized spacial score (nSPS) is 14.1. The molecule has 142 valence electrons. The molecule has 0 aliphatic heterocycles. The zero-order valence-electron chi connectivity index (χ0n) is 16.0. The van der Waals surface area contributed by atoms with Crippen molar-refractivity contribution in [1.82, 2.24) is 14.7 Å². The molecule has 5 nitrogen and oxygen atoms in total. The van der Waals surface area contributed by atoms with Crippen molar-refractivity contribution in [3.8, 4) is 0 Å². The lowest BCUT2D eigenvalue weighted by atomic mass is 10.1. The van der Waals surface area contributed by atoms with Crippen LogP contribution in [0.4, 0.5) is 11.5 Å². The van der Waals surface area contributed by atoms with Gasteiger partial charge in [-0.05, 0) is 57.9 Å². The first-order chi connectivity index (χ1) is 12.2. The zero-order chi connectivity index (χ0) is 19.3. The number of aromatic nitrogens is 2. The maximum atomic E-state index is 12.5. The van der Waals surface area contributed by atoms with E-state index in [1.54, 1.807) is 12.4 Å². The number of anilines is 2. The molecule has 2 atom stereocenters. The van der Waals surface area contributed by atoms with Gasteiger partial charge in [-0.3, -0.25) is 4.98 Å². The van der Waals surface area contributed by atoms with Gasteiger partial charge < -0.3 is 5.32 Å². The smallest absolute Gasteiger partial charge is 0.149 e. The highest BCUT2D eigenvalue weighted by Crippen LogP contribution is 2.28. The lowest BCUT2D eigenvalue weighted by Crippen LogP contribution is -2.35. The SMILES string of the molecule is CCC[C@@H](N[S@](=O)C(C)(C)C)c1cnc(Nc2ccc(C)nc2)c(Cl)c1. The van der Waals surface area contributed by atoms with Crippen LogP contribution in [0.2, 0.25) is 5.02 Å². The molecule has 2 rings (SSSR count). The van der Waals surface area contributed by atoms with E-state index in [4.69, 9.17) is 11.6 Å². The molecule has 0 radical (unpaired) electrons. The van der Waals surface area contributed by atoms with Crippen molar-refractivity contribution in [3.05, 3.63) is 46.9 Å². The van der Waals surface area contributed by atoms with E-state index in [1.165, 1.54) is 0 Å². The molecule has 0 saturated carbocycles. The minimum Gasteiger partial charge on any atom is -0.338 e. The van der Waals surface area contributed by atoms with Crippen molar-refractivity contribution in [3.63, 3.8) is 0 Å². The van der Waals surface area contributed by atoms with E-state index >= 15 is 0 Å². The van der Waals surface area contributed by atoms with Gasteiger partial charge in [0, 0.05) is 17.9 Å². The molecular formula is C19H27ClN4OS. The van der Waals surface area contributed by atoms with E-state index in [2.05, 4.69) is 26.9 Å². The minimum absolute atomic E-state index is 0.0554. The van der Waals surface area contributed by atoms with Gasteiger partial charge in [0.25, 0.3) is 0 Å². The third-order valence-electron chi connectivity index (χ3n) is 3.82. The lowest BCUT2D eigenvalue weighted by molar-refractivity contribution is 0.564. The fourth-order valence-corrected chi connectivity index (χ4v) is 3.39. The Labute approximate surface area is 163 Å². The molecule has 0 aromatic carbocycles. The van der Waals surface area contributed by atoms with Crippen molar-refractivity contribution < 1.29 is 4.21 Å². The predicted octanol–water partition coefficient (Wildman–Crippen LogP) is 5.08. The zero-order valence-corrected chi connectivity index (χ0v) is 17.5. The van der Waals surface area contributed by atoms with Crippen LogP contribution in [0.3, 0.4) is 0 Å². The second kappa shape index (κ2) is 8.93. The third kappa shape index (κ3) is 5.76. The molecule has 0 fully saturated rings. The Morgan fingerprint density at radius 1 is 1.23 bits per heavy atom. The molecule has 0 saturated heterocycles. The molecule has 2 N–H and O–H groups in total. The number of rotatable bonds is 7. The summed E-state index contributed by atoms with van der Waals surface area (Å²) in [5, 5.41) is 3.70. The van der Waals surface area contributed by atoms with E-state index in [9.17, 15) is 4.21 Å². The first-order valence-electron chi connectivity index (χ1n) is 8.74. The Balaban J connectivity index is 2.19. The average Bonchev–Trinajstić information content (AvgIpc) is 2.57. The van der Waals surface area contributed by atoms with Gasteiger partial charge in [0.2, 0.25) is 0 Å². The van der Waals surface area contributed by atoms with Gasteiger partial charge >= 0.3 is 0 Å². The highest BCUT2D eigenvalue weighted by molar-refractivity contribution is 7.84. The summed E-state index contributed by atoms with van der Waals surface area (Å²) >= 11 is 6.43. The Morgan fingerprint density at radius 2 is 1.96 bits per heavy atom. The van der Waals surface area contributed by atoms with Crippen molar-refractivity contribution in [2.45, 2.75) is 58.2 Å². The third-order valence-corrected chi connectivity index (χ3v) is 5.72.